The maximum absolute atomic E-state index is 12.1. The molecule has 0 saturated heterocycles. The van der Waals surface area contributed by atoms with Gasteiger partial charge in [0.15, 0.2) is 0 Å². The van der Waals surface area contributed by atoms with Crippen molar-refractivity contribution in [2.45, 2.75) is 31.8 Å². The molecule has 2 atom stereocenters. The van der Waals surface area contributed by atoms with Crippen molar-refractivity contribution in [3.05, 3.63) is 71.8 Å². The summed E-state index contributed by atoms with van der Waals surface area (Å²) in [7, 11) is 0. The van der Waals surface area contributed by atoms with E-state index >= 15 is 0 Å². The number of nitrogens with two attached hydrogens (primary N) is 1. The van der Waals surface area contributed by atoms with E-state index in [2.05, 4.69) is 17.4 Å². The summed E-state index contributed by atoms with van der Waals surface area (Å²) < 4.78 is 0. The summed E-state index contributed by atoms with van der Waals surface area (Å²) >= 11 is 0. The van der Waals surface area contributed by atoms with E-state index in [1.54, 1.807) is 0 Å². The van der Waals surface area contributed by atoms with Gasteiger partial charge in [0.1, 0.15) is 0 Å². The van der Waals surface area contributed by atoms with Gasteiger partial charge in [-0.3, -0.25) is 4.79 Å². The topological polar surface area (TPSA) is 55.1 Å². The van der Waals surface area contributed by atoms with Crippen molar-refractivity contribution in [2.24, 2.45) is 5.73 Å². The molecular formula is C18H22N2O. The standard InChI is InChI=1S/C18H22N2O/c1-14(16-10-6-3-7-11-16)20-18(21)17(19)13-12-15-8-4-2-5-9-15/h2-11,14,17H,12-13,19H2,1H3,(H,20,21)/t14-,17+/m1/s1. The molecule has 3 heteroatoms. The molecule has 0 aliphatic carbocycles. The molecule has 0 fully saturated rings. The van der Waals surface area contributed by atoms with Crippen LogP contribution in [0.15, 0.2) is 60.7 Å². The lowest BCUT2D eigenvalue weighted by Gasteiger charge is -2.18. The van der Waals surface area contributed by atoms with Crippen LogP contribution in [-0.2, 0) is 11.2 Å². The lowest BCUT2D eigenvalue weighted by atomic mass is 10.0. The van der Waals surface area contributed by atoms with Crippen LogP contribution in [0, 0.1) is 0 Å². The van der Waals surface area contributed by atoms with E-state index in [0.717, 1.165) is 12.0 Å². The number of benzene rings is 2. The molecule has 2 aromatic carbocycles. The minimum Gasteiger partial charge on any atom is -0.348 e. The number of hydrogen-bond donors (Lipinski definition) is 2. The molecule has 0 aliphatic heterocycles. The third-order valence-corrected chi connectivity index (χ3v) is 3.58. The van der Waals surface area contributed by atoms with Gasteiger partial charge in [-0.05, 0) is 30.9 Å². The van der Waals surface area contributed by atoms with E-state index in [1.165, 1.54) is 5.56 Å². The number of aryl methyl sites for hydroxylation is 1. The maximum Gasteiger partial charge on any atom is 0.237 e. The van der Waals surface area contributed by atoms with Crippen molar-refractivity contribution in [1.82, 2.24) is 5.32 Å². The average Bonchev–Trinajstić information content (AvgIpc) is 2.54. The Morgan fingerprint density at radius 3 is 2.24 bits per heavy atom. The lowest BCUT2D eigenvalue weighted by Crippen LogP contribution is -2.41. The zero-order valence-electron chi connectivity index (χ0n) is 12.3. The molecule has 0 aliphatic rings. The summed E-state index contributed by atoms with van der Waals surface area (Å²) in [6.07, 6.45) is 1.46. The zero-order chi connectivity index (χ0) is 15.1. The van der Waals surface area contributed by atoms with Gasteiger partial charge in [0, 0.05) is 0 Å². The Bertz CT molecular complexity index is 554. The first kappa shape index (κ1) is 15.3. The number of rotatable bonds is 6. The molecule has 0 unspecified atom stereocenters. The molecule has 0 aromatic heterocycles. The van der Waals surface area contributed by atoms with E-state index < -0.39 is 6.04 Å². The van der Waals surface area contributed by atoms with Crippen LogP contribution in [-0.4, -0.2) is 11.9 Å². The highest BCUT2D eigenvalue weighted by atomic mass is 16.2. The number of carbonyl (C=O) groups excluding carboxylic acids is 1. The Labute approximate surface area is 126 Å². The van der Waals surface area contributed by atoms with Crippen LogP contribution in [0.3, 0.4) is 0 Å². The Kier molecular flexibility index (Phi) is 5.52. The van der Waals surface area contributed by atoms with Gasteiger partial charge in [-0.25, -0.2) is 0 Å². The summed E-state index contributed by atoms with van der Waals surface area (Å²) in [6.45, 7) is 1.97. The third kappa shape index (κ3) is 4.72. The Morgan fingerprint density at radius 2 is 1.62 bits per heavy atom. The van der Waals surface area contributed by atoms with Crippen LogP contribution in [0.4, 0.5) is 0 Å². The van der Waals surface area contributed by atoms with Crippen LogP contribution in [0.1, 0.15) is 30.5 Å². The van der Waals surface area contributed by atoms with E-state index in [0.29, 0.717) is 6.42 Å². The van der Waals surface area contributed by atoms with Gasteiger partial charge in [-0.2, -0.15) is 0 Å². The predicted molar refractivity (Wildman–Crippen MR) is 85.7 cm³/mol. The quantitative estimate of drug-likeness (QED) is 0.856. The monoisotopic (exact) mass is 282 g/mol. The first-order chi connectivity index (χ1) is 10.2. The number of hydrogen-bond acceptors (Lipinski definition) is 2. The fraction of sp³-hybridized carbons (Fsp3) is 0.278. The largest absolute Gasteiger partial charge is 0.348 e. The summed E-state index contributed by atoms with van der Waals surface area (Å²) in [5, 5.41) is 2.97. The molecule has 2 rings (SSSR count). The fourth-order valence-corrected chi connectivity index (χ4v) is 2.24. The summed E-state index contributed by atoms with van der Waals surface area (Å²) in [5.41, 5.74) is 8.27. The molecule has 3 N–H and O–H groups in total. The van der Waals surface area contributed by atoms with Crippen LogP contribution in [0.25, 0.3) is 0 Å². The van der Waals surface area contributed by atoms with Gasteiger partial charge in [-0.1, -0.05) is 60.7 Å². The summed E-state index contributed by atoms with van der Waals surface area (Å²) in [6, 6.07) is 19.5. The van der Waals surface area contributed by atoms with Gasteiger partial charge < -0.3 is 11.1 Å². The fourth-order valence-electron chi connectivity index (χ4n) is 2.24. The van der Waals surface area contributed by atoms with Crippen LogP contribution in [0.5, 0.6) is 0 Å². The van der Waals surface area contributed by atoms with Crippen LogP contribution < -0.4 is 11.1 Å². The molecule has 0 radical (unpaired) electrons. The molecule has 2 aromatic rings. The predicted octanol–water partition coefficient (Wildman–Crippen LogP) is 2.82. The van der Waals surface area contributed by atoms with Gasteiger partial charge >= 0.3 is 0 Å². The molecular weight excluding hydrogens is 260 g/mol. The Balaban J connectivity index is 1.82. The van der Waals surface area contributed by atoms with Gasteiger partial charge in [0.2, 0.25) is 5.91 Å². The van der Waals surface area contributed by atoms with E-state index in [1.807, 2.05) is 55.5 Å². The second kappa shape index (κ2) is 7.60. The highest BCUT2D eigenvalue weighted by Crippen LogP contribution is 2.11. The van der Waals surface area contributed by atoms with Gasteiger partial charge in [-0.15, -0.1) is 0 Å². The maximum atomic E-state index is 12.1. The normalized spacial score (nSPS) is 13.4. The molecule has 0 saturated carbocycles. The van der Waals surface area contributed by atoms with Crippen molar-refractivity contribution in [3.63, 3.8) is 0 Å². The molecule has 21 heavy (non-hydrogen) atoms. The highest BCUT2D eigenvalue weighted by Gasteiger charge is 2.16. The highest BCUT2D eigenvalue weighted by molar-refractivity contribution is 5.81. The molecule has 110 valence electrons. The number of nitrogens with one attached hydrogen (secondary N) is 1. The lowest BCUT2D eigenvalue weighted by molar-refractivity contribution is -0.123. The Morgan fingerprint density at radius 1 is 1.05 bits per heavy atom. The van der Waals surface area contributed by atoms with Gasteiger partial charge in [0.25, 0.3) is 0 Å². The second-order valence-corrected chi connectivity index (χ2v) is 5.27. The van der Waals surface area contributed by atoms with Crippen molar-refractivity contribution in [3.8, 4) is 0 Å². The SMILES string of the molecule is C[C@@H](NC(=O)[C@@H](N)CCc1ccccc1)c1ccccc1. The Hall–Kier alpha value is -2.13. The number of carbonyl (C=O) groups is 1. The summed E-state index contributed by atoms with van der Waals surface area (Å²) in [5.74, 6) is -0.0951. The summed E-state index contributed by atoms with van der Waals surface area (Å²) in [4.78, 5) is 12.1. The second-order valence-electron chi connectivity index (χ2n) is 5.27. The molecule has 0 heterocycles. The van der Waals surface area contributed by atoms with E-state index in [-0.39, 0.29) is 11.9 Å². The molecule has 1 amide bonds. The number of amides is 1. The molecule has 0 bridgehead atoms. The first-order valence-corrected chi connectivity index (χ1v) is 7.31. The van der Waals surface area contributed by atoms with E-state index in [4.69, 9.17) is 5.73 Å². The average molecular weight is 282 g/mol. The molecule has 3 nitrogen and oxygen atoms in total. The minimum atomic E-state index is -0.476. The van der Waals surface area contributed by atoms with Crippen molar-refractivity contribution in [1.29, 1.82) is 0 Å². The smallest absolute Gasteiger partial charge is 0.237 e. The van der Waals surface area contributed by atoms with Crippen LogP contribution in [0.2, 0.25) is 0 Å². The van der Waals surface area contributed by atoms with Gasteiger partial charge in [0.05, 0.1) is 12.1 Å². The third-order valence-electron chi connectivity index (χ3n) is 3.58. The van der Waals surface area contributed by atoms with Crippen molar-refractivity contribution < 1.29 is 4.79 Å². The van der Waals surface area contributed by atoms with Crippen molar-refractivity contribution >= 4 is 5.91 Å². The van der Waals surface area contributed by atoms with E-state index in [9.17, 15) is 4.79 Å². The minimum absolute atomic E-state index is 0.0264. The van der Waals surface area contributed by atoms with Crippen LogP contribution >= 0.6 is 0 Å². The molecule has 0 spiro atoms. The first-order valence-electron chi connectivity index (χ1n) is 7.31. The zero-order valence-corrected chi connectivity index (χ0v) is 12.3. The van der Waals surface area contributed by atoms with Crippen molar-refractivity contribution in [2.75, 3.05) is 0 Å².